The van der Waals surface area contributed by atoms with Crippen LogP contribution >= 0.6 is 0 Å². The molecule has 1 atom stereocenters. The molecule has 3 nitrogen and oxygen atoms in total. The minimum absolute atomic E-state index is 0.00833. The van der Waals surface area contributed by atoms with Gasteiger partial charge in [-0.15, -0.1) is 0 Å². The van der Waals surface area contributed by atoms with Crippen molar-refractivity contribution < 1.29 is 13.6 Å². The highest BCUT2D eigenvalue weighted by atomic mass is 19.2. The minimum atomic E-state index is -0.888. The van der Waals surface area contributed by atoms with E-state index in [-0.39, 0.29) is 17.9 Å². The van der Waals surface area contributed by atoms with Crippen LogP contribution in [0.1, 0.15) is 31.4 Å². The Morgan fingerprint density at radius 3 is 2.63 bits per heavy atom. The Kier molecular flexibility index (Phi) is 4.47. The molecule has 0 saturated carbocycles. The number of halogens is 2. The SMILES string of the molecule is CC(NC(=O)C1CCNCC1)c1ccc(F)c(F)c1. The summed E-state index contributed by atoms with van der Waals surface area (Å²) in [6, 6.07) is 3.38. The largest absolute Gasteiger partial charge is 0.349 e. The van der Waals surface area contributed by atoms with E-state index >= 15 is 0 Å². The lowest BCUT2D eigenvalue weighted by Gasteiger charge is -2.24. The summed E-state index contributed by atoms with van der Waals surface area (Å²) in [5.74, 6) is -1.77. The molecule has 0 spiro atoms. The topological polar surface area (TPSA) is 41.1 Å². The zero-order valence-electron chi connectivity index (χ0n) is 10.9. The zero-order chi connectivity index (χ0) is 13.8. The number of rotatable bonds is 3. The van der Waals surface area contributed by atoms with Gasteiger partial charge >= 0.3 is 0 Å². The highest BCUT2D eigenvalue weighted by Gasteiger charge is 2.22. The fraction of sp³-hybridized carbons (Fsp3) is 0.500. The van der Waals surface area contributed by atoms with E-state index in [0.717, 1.165) is 38.1 Å². The number of nitrogens with one attached hydrogen (secondary N) is 2. The first-order valence-corrected chi connectivity index (χ1v) is 6.54. The number of carbonyl (C=O) groups is 1. The smallest absolute Gasteiger partial charge is 0.223 e. The molecule has 1 aromatic carbocycles. The molecule has 1 unspecified atom stereocenters. The maximum Gasteiger partial charge on any atom is 0.223 e. The van der Waals surface area contributed by atoms with E-state index in [1.807, 2.05) is 0 Å². The Bertz CT molecular complexity index is 459. The summed E-state index contributed by atoms with van der Waals surface area (Å²) in [6.45, 7) is 3.46. The molecule has 1 aliphatic heterocycles. The summed E-state index contributed by atoms with van der Waals surface area (Å²) >= 11 is 0. The average molecular weight is 268 g/mol. The molecule has 104 valence electrons. The van der Waals surface area contributed by atoms with Gasteiger partial charge < -0.3 is 10.6 Å². The monoisotopic (exact) mass is 268 g/mol. The quantitative estimate of drug-likeness (QED) is 0.882. The first kappa shape index (κ1) is 13.9. The van der Waals surface area contributed by atoms with Gasteiger partial charge in [-0.2, -0.15) is 0 Å². The van der Waals surface area contributed by atoms with E-state index in [9.17, 15) is 13.6 Å². The first-order valence-electron chi connectivity index (χ1n) is 6.54. The number of hydrogen-bond acceptors (Lipinski definition) is 2. The Labute approximate surface area is 111 Å². The maximum absolute atomic E-state index is 13.1. The molecule has 1 heterocycles. The van der Waals surface area contributed by atoms with E-state index in [2.05, 4.69) is 10.6 Å². The van der Waals surface area contributed by atoms with Crippen molar-refractivity contribution in [1.29, 1.82) is 0 Å². The van der Waals surface area contributed by atoms with Crippen molar-refractivity contribution in [3.63, 3.8) is 0 Å². The standard InChI is InChI=1S/C14H18F2N2O/c1-9(11-2-3-12(15)13(16)8-11)18-14(19)10-4-6-17-7-5-10/h2-3,8-10,17H,4-7H2,1H3,(H,18,19). The van der Waals surface area contributed by atoms with Gasteiger partial charge in [-0.05, 0) is 50.6 Å². The van der Waals surface area contributed by atoms with Crippen LogP contribution in [-0.4, -0.2) is 19.0 Å². The van der Waals surface area contributed by atoms with Crippen LogP contribution in [0.2, 0.25) is 0 Å². The number of benzene rings is 1. The van der Waals surface area contributed by atoms with E-state index in [1.54, 1.807) is 6.92 Å². The summed E-state index contributed by atoms with van der Waals surface area (Å²) in [7, 11) is 0. The van der Waals surface area contributed by atoms with Gasteiger partial charge in [-0.1, -0.05) is 6.07 Å². The Morgan fingerprint density at radius 1 is 1.32 bits per heavy atom. The molecular formula is C14H18F2N2O. The molecule has 2 rings (SSSR count). The number of amides is 1. The molecule has 1 aromatic rings. The van der Waals surface area contributed by atoms with E-state index < -0.39 is 11.6 Å². The molecule has 0 bridgehead atoms. The highest BCUT2D eigenvalue weighted by molar-refractivity contribution is 5.79. The number of hydrogen-bond donors (Lipinski definition) is 2. The Hall–Kier alpha value is -1.49. The lowest BCUT2D eigenvalue weighted by atomic mass is 9.96. The van der Waals surface area contributed by atoms with Crippen molar-refractivity contribution in [2.45, 2.75) is 25.8 Å². The molecule has 0 radical (unpaired) electrons. The second-order valence-corrected chi connectivity index (χ2v) is 4.93. The third-order valence-electron chi connectivity index (χ3n) is 3.51. The van der Waals surface area contributed by atoms with E-state index in [1.165, 1.54) is 6.07 Å². The van der Waals surface area contributed by atoms with E-state index in [4.69, 9.17) is 0 Å². The van der Waals surface area contributed by atoms with Crippen LogP contribution in [0.4, 0.5) is 8.78 Å². The van der Waals surface area contributed by atoms with Crippen LogP contribution in [0.15, 0.2) is 18.2 Å². The third-order valence-corrected chi connectivity index (χ3v) is 3.51. The third kappa shape index (κ3) is 3.50. The van der Waals surface area contributed by atoms with Crippen molar-refractivity contribution in [3.05, 3.63) is 35.4 Å². The second kappa shape index (κ2) is 6.10. The van der Waals surface area contributed by atoms with Crippen molar-refractivity contribution in [3.8, 4) is 0 Å². The summed E-state index contributed by atoms with van der Waals surface area (Å²) < 4.78 is 26.0. The Balaban J connectivity index is 1.97. The molecule has 0 aromatic heterocycles. The van der Waals surface area contributed by atoms with Crippen molar-refractivity contribution in [2.24, 2.45) is 5.92 Å². The van der Waals surface area contributed by atoms with Crippen LogP contribution in [0.25, 0.3) is 0 Å². The van der Waals surface area contributed by atoms with Crippen LogP contribution in [0.3, 0.4) is 0 Å². The van der Waals surface area contributed by atoms with Gasteiger partial charge in [-0.25, -0.2) is 8.78 Å². The van der Waals surface area contributed by atoms with Gasteiger partial charge in [0.2, 0.25) is 5.91 Å². The number of carbonyl (C=O) groups excluding carboxylic acids is 1. The molecule has 2 N–H and O–H groups in total. The summed E-state index contributed by atoms with van der Waals surface area (Å²) in [4.78, 5) is 12.0. The van der Waals surface area contributed by atoms with Crippen LogP contribution in [0.5, 0.6) is 0 Å². The molecule has 19 heavy (non-hydrogen) atoms. The lowest BCUT2D eigenvalue weighted by Crippen LogP contribution is -2.39. The molecular weight excluding hydrogens is 250 g/mol. The van der Waals surface area contributed by atoms with Crippen molar-refractivity contribution in [2.75, 3.05) is 13.1 Å². The normalized spacial score (nSPS) is 18.1. The number of piperidine rings is 1. The van der Waals surface area contributed by atoms with Crippen LogP contribution < -0.4 is 10.6 Å². The van der Waals surface area contributed by atoms with Crippen molar-refractivity contribution in [1.82, 2.24) is 10.6 Å². The predicted octanol–water partition coefficient (Wildman–Crippen LogP) is 2.14. The summed E-state index contributed by atoms with van der Waals surface area (Å²) in [6.07, 6.45) is 1.63. The van der Waals surface area contributed by atoms with Gasteiger partial charge in [0.05, 0.1) is 6.04 Å². The van der Waals surface area contributed by atoms with Gasteiger partial charge in [0.15, 0.2) is 11.6 Å². The lowest BCUT2D eigenvalue weighted by molar-refractivity contribution is -0.126. The van der Waals surface area contributed by atoms with Crippen LogP contribution in [0, 0.1) is 17.6 Å². The highest BCUT2D eigenvalue weighted by Crippen LogP contribution is 2.18. The molecule has 0 aliphatic carbocycles. The maximum atomic E-state index is 13.1. The van der Waals surface area contributed by atoms with E-state index in [0.29, 0.717) is 5.56 Å². The van der Waals surface area contributed by atoms with Gasteiger partial charge in [0, 0.05) is 5.92 Å². The molecule has 1 saturated heterocycles. The van der Waals surface area contributed by atoms with Crippen LogP contribution in [-0.2, 0) is 4.79 Å². The molecule has 1 amide bonds. The summed E-state index contributed by atoms with van der Waals surface area (Å²) in [5.41, 5.74) is 0.571. The molecule has 1 fully saturated rings. The van der Waals surface area contributed by atoms with Gasteiger partial charge in [-0.3, -0.25) is 4.79 Å². The van der Waals surface area contributed by atoms with Crippen molar-refractivity contribution >= 4 is 5.91 Å². The molecule has 1 aliphatic rings. The Morgan fingerprint density at radius 2 is 2.00 bits per heavy atom. The molecule has 5 heteroatoms. The van der Waals surface area contributed by atoms with Gasteiger partial charge in [0.25, 0.3) is 0 Å². The average Bonchev–Trinajstić information content (AvgIpc) is 2.42. The minimum Gasteiger partial charge on any atom is -0.349 e. The summed E-state index contributed by atoms with van der Waals surface area (Å²) in [5, 5.41) is 6.05. The first-order chi connectivity index (χ1) is 9.08. The predicted molar refractivity (Wildman–Crippen MR) is 68.5 cm³/mol. The fourth-order valence-corrected chi connectivity index (χ4v) is 2.28. The zero-order valence-corrected chi connectivity index (χ0v) is 10.9. The van der Waals surface area contributed by atoms with Gasteiger partial charge in [0.1, 0.15) is 0 Å². The second-order valence-electron chi connectivity index (χ2n) is 4.93. The fourth-order valence-electron chi connectivity index (χ4n) is 2.28.